The molecule has 4 nitrogen and oxygen atoms in total. The molecule has 0 bridgehead atoms. The number of likely N-dealkylation sites (tertiary alicyclic amines) is 1. The van der Waals surface area contributed by atoms with Gasteiger partial charge in [-0.25, -0.2) is 0 Å². The van der Waals surface area contributed by atoms with Crippen LogP contribution < -0.4 is 0 Å². The highest BCUT2D eigenvalue weighted by molar-refractivity contribution is 6.30. The zero-order chi connectivity index (χ0) is 16.1. The molecular weight excluding hydrogens is 310 g/mol. The van der Waals surface area contributed by atoms with Crippen LogP contribution in [0.15, 0.2) is 24.3 Å². The summed E-state index contributed by atoms with van der Waals surface area (Å²) in [6, 6.07) is 8.96. The summed E-state index contributed by atoms with van der Waals surface area (Å²) in [6.07, 6.45) is 2.53. The van der Waals surface area contributed by atoms with Crippen molar-refractivity contribution < 1.29 is 5.11 Å². The Hall–Kier alpha value is -0.650. The van der Waals surface area contributed by atoms with Crippen LogP contribution in [-0.2, 0) is 6.54 Å². The molecule has 0 aromatic heterocycles. The first-order valence-electron chi connectivity index (χ1n) is 8.78. The number of halogens is 1. The third-order valence-electron chi connectivity index (χ3n) is 5.19. The molecule has 2 fully saturated rings. The van der Waals surface area contributed by atoms with E-state index in [1.807, 2.05) is 12.1 Å². The number of nitrogens with zero attached hydrogens (tertiary/aromatic N) is 3. The first kappa shape index (κ1) is 17.2. The zero-order valence-corrected chi connectivity index (χ0v) is 14.6. The smallest absolute Gasteiger partial charge is 0.0558 e. The van der Waals surface area contributed by atoms with Crippen molar-refractivity contribution in [2.24, 2.45) is 0 Å². The van der Waals surface area contributed by atoms with Gasteiger partial charge in [-0.1, -0.05) is 23.7 Å². The average molecular weight is 338 g/mol. The molecule has 23 heavy (non-hydrogen) atoms. The van der Waals surface area contributed by atoms with Gasteiger partial charge in [-0.15, -0.1) is 0 Å². The van der Waals surface area contributed by atoms with E-state index in [1.165, 1.54) is 31.5 Å². The molecule has 2 heterocycles. The molecule has 0 aliphatic carbocycles. The second-order valence-electron chi connectivity index (χ2n) is 6.74. The first-order chi connectivity index (χ1) is 11.2. The minimum absolute atomic E-state index is 0.280. The highest BCUT2D eigenvalue weighted by Gasteiger charge is 2.27. The maximum atomic E-state index is 9.03. The molecule has 0 atom stereocenters. The number of β-amino-alcohol motifs (C(OH)–C–C–N with tert-alkyl or cyclic N) is 1. The van der Waals surface area contributed by atoms with Gasteiger partial charge in [-0.2, -0.15) is 0 Å². The molecule has 0 spiro atoms. The van der Waals surface area contributed by atoms with Gasteiger partial charge < -0.3 is 5.11 Å². The van der Waals surface area contributed by atoms with E-state index >= 15 is 0 Å². The third kappa shape index (κ3) is 4.91. The minimum Gasteiger partial charge on any atom is -0.395 e. The number of aliphatic hydroxyl groups is 1. The Morgan fingerprint density at radius 2 is 1.74 bits per heavy atom. The summed E-state index contributed by atoms with van der Waals surface area (Å²) in [5.41, 5.74) is 1.31. The summed E-state index contributed by atoms with van der Waals surface area (Å²) in [5, 5.41) is 9.86. The third-order valence-corrected chi connectivity index (χ3v) is 5.43. The summed E-state index contributed by atoms with van der Waals surface area (Å²) in [7, 11) is 0. The van der Waals surface area contributed by atoms with Crippen molar-refractivity contribution in [2.45, 2.75) is 25.4 Å². The topological polar surface area (TPSA) is 30.0 Å². The van der Waals surface area contributed by atoms with Crippen molar-refractivity contribution in [1.29, 1.82) is 0 Å². The number of rotatable bonds is 5. The van der Waals surface area contributed by atoms with Crippen LogP contribution in [0.2, 0.25) is 5.02 Å². The van der Waals surface area contributed by atoms with Crippen LogP contribution in [0.1, 0.15) is 18.4 Å². The van der Waals surface area contributed by atoms with E-state index in [9.17, 15) is 0 Å². The van der Waals surface area contributed by atoms with Gasteiger partial charge in [-0.3, -0.25) is 14.7 Å². The SMILES string of the molecule is OCCN1CCN(C2CCN(Cc3cccc(Cl)c3)CC2)CC1. The highest BCUT2D eigenvalue weighted by atomic mass is 35.5. The lowest BCUT2D eigenvalue weighted by atomic mass is 10.0. The number of piperazine rings is 1. The van der Waals surface area contributed by atoms with Crippen molar-refractivity contribution >= 4 is 11.6 Å². The van der Waals surface area contributed by atoms with Gasteiger partial charge in [0.25, 0.3) is 0 Å². The van der Waals surface area contributed by atoms with Gasteiger partial charge in [-0.05, 0) is 43.6 Å². The molecule has 0 amide bonds. The summed E-state index contributed by atoms with van der Waals surface area (Å²) in [4.78, 5) is 7.57. The lowest BCUT2D eigenvalue weighted by Gasteiger charge is -2.42. The summed E-state index contributed by atoms with van der Waals surface area (Å²) >= 11 is 6.08. The molecule has 3 rings (SSSR count). The van der Waals surface area contributed by atoms with Gasteiger partial charge in [0.15, 0.2) is 0 Å². The van der Waals surface area contributed by atoms with Crippen molar-refractivity contribution in [3.8, 4) is 0 Å². The zero-order valence-electron chi connectivity index (χ0n) is 13.8. The van der Waals surface area contributed by atoms with E-state index in [4.69, 9.17) is 16.7 Å². The Bertz CT molecular complexity index is 483. The van der Waals surface area contributed by atoms with E-state index < -0.39 is 0 Å². The maximum Gasteiger partial charge on any atom is 0.0558 e. The predicted octanol–water partition coefficient (Wildman–Crippen LogP) is 1.91. The van der Waals surface area contributed by atoms with Gasteiger partial charge >= 0.3 is 0 Å². The van der Waals surface area contributed by atoms with Gasteiger partial charge in [0.05, 0.1) is 6.61 Å². The van der Waals surface area contributed by atoms with Crippen LogP contribution in [-0.4, -0.2) is 78.3 Å². The summed E-state index contributed by atoms with van der Waals surface area (Å²) in [5.74, 6) is 0. The predicted molar refractivity (Wildman–Crippen MR) is 94.8 cm³/mol. The lowest BCUT2D eigenvalue weighted by molar-refractivity contribution is 0.0516. The maximum absolute atomic E-state index is 9.03. The summed E-state index contributed by atoms with van der Waals surface area (Å²) in [6.45, 7) is 8.97. The Morgan fingerprint density at radius 1 is 1.00 bits per heavy atom. The van der Waals surface area contributed by atoms with Crippen molar-refractivity contribution in [2.75, 3.05) is 52.4 Å². The van der Waals surface area contributed by atoms with E-state index in [0.717, 1.165) is 50.3 Å². The first-order valence-corrected chi connectivity index (χ1v) is 9.16. The van der Waals surface area contributed by atoms with E-state index in [-0.39, 0.29) is 6.61 Å². The number of hydrogen-bond donors (Lipinski definition) is 1. The van der Waals surface area contributed by atoms with Crippen molar-refractivity contribution in [3.05, 3.63) is 34.9 Å². The summed E-state index contributed by atoms with van der Waals surface area (Å²) < 4.78 is 0. The Morgan fingerprint density at radius 3 is 2.39 bits per heavy atom. The molecule has 5 heteroatoms. The van der Waals surface area contributed by atoms with Crippen LogP contribution in [0.4, 0.5) is 0 Å². The minimum atomic E-state index is 0.280. The van der Waals surface area contributed by atoms with Crippen LogP contribution >= 0.6 is 11.6 Å². The quantitative estimate of drug-likeness (QED) is 0.889. The average Bonchev–Trinajstić information content (AvgIpc) is 2.57. The normalized spacial score (nSPS) is 22.5. The second kappa shape index (κ2) is 8.45. The Labute approximate surface area is 144 Å². The number of hydrogen-bond acceptors (Lipinski definition) is 4. The molecule has 2 saturated heterocycles. The molecule has 1 aromatic carbocycles. The lowest BCUT2D eigenvalue weighted by Crippen LogP contribution is -2.53. The number of aliphatic hydroxyl groups excluding tert-OH is 1. The molecular formula is C18H28ClN3O. The van der Waals surface area contributed by atoms with E-state index in [2.05, 4.69) is 26.8 Å². The van der Waals surface area contributed by atoms with Crippen LogP contribution in [0.3, 0.4) is 0 Å². The van der Waals surface area contributed by atoms with Gasteiger partial charge in [0, 0.05) is 50.3 Å². The fraction of sp³-hybridized carbons (Fsp3) is 0.667. The molecule has 1 aromatic rings. The largest absolute Gasteiger partial charge is 0.395 e. The fourth-order valence-electron chi connectivity index (χ4n) is 3.83. The Balaban J connectivity index is 1.42. The standard InChI is InChI=1S/C18H28ClN3O/c19-17-3-1-2-16(14-17)15-21-6-4-18(5-7-21)22-10-8-20(9-11-22)12-13-23/h1-3,14,18,23H,4-13,15H2. The molecule has 2 aliphatic rings. The number of piperidine rings is 1. The fourth-order valence-corrected chi connectivity index (χ4v) is 4.04. The molecule has 2 aliphatic heterocycles. The van der Waals surface area contributed by atoms with E-state index in [0.29, 0.717) is 0 Å². The van der Waals surface area contributed by atoms with E-state index in [1.54, 1.807) is 0 Å². The monoisotopic (exact) mass is 337 g/mol. The molecule has 128 valence electrons. The second-order valence-corrected chi connectivity index (χ2v) is 7.17. The molecule has 1 N–H and O–H groups in total. The van der Waals surface area contributed by atoms with Crippen LogP contribution in [0, 0.1) is 0 Å². The van der Waals surface area contributed by atoms with Gasteiger partial charge in [0.2, 0.25) is 0 Å². The Kier molecular flexibility index (Phi) is 6.31. The van der Waals surface area contributed by atoms with Crippen LogP contribution in [0.25, 0.3) is 0 Å². The molecule has 0 unspecified atom stereocenters. The number of benzene rings is 1. The molecule has 0 radical (unpaired) electrons. The van der Waals surface area contributed by atoms with Crippen molar-refractivity contribution in [1.82, 2.24) is 14.7 Å². The van der Waals surface area contributed by atoms with Crippen molar-refractivity contribution in [3.63, 3.8) is 0 Å². The van der Waals surface area contributed by atoms with Crippen LogP contribution in [0.5, 0.6) is 0 Å². The van der Waals surface area contributed by atoms with Gasteiger partial charge in [0.1, 0.15) is 0 Å². The highest BCUT2D eigenvalue weighted by Crippen LogP contribution is 2.20. The molecule has 0 saturated carbocycles.